The fraction of sp³-hybridized carbons (Fsp3) is 0.400. The standard InChI is InChI=1S/C15H19ClN2O/c1-10(2)14(9-19-3)18-13-8-12(16)7-11-5-4-6-17-15(11)13/h4-8,10,14,18H,9H2,1-3H3. The van der Waals surface area contributed by atoms with Crippen LogP contribution in [0.2, 0.25) is 5.02 Å². The average molecular weight is 279 g/mol. The zero-order valence-corrected chi connectivity index (χ0v) is 12.2. The zero-order chi connectivity index (χ0) is 13.8. The fourth-order valence-electron chi connectivity index (χ4n) is 2.05. The topological polar surface area (TPSA) is 34.1 Å². The lowest BCUT2D eigenvalue weighted by atomic mass is 10.0. The molecule has 0 aliphatic heterocycles. The van der Waals surface area contributed by atoms with E-state index in [0.717, 1.165) is 16.6 Å². The van der Waals surface area contributed by atoms with Crippen LogP contribution in [-0.2, 0) is 4.74 Å². The first-order chi connectivity index (χ1) is 9.11. The minimum absolute atomic E-state index is 0.230. The minimum atomic E-state index is 0.230. The summed E-state index contributed by atoms with van der Waals surface area (Å²) in [7, 11) is 1.71. The lowest BCUT2D eigenvalue weighted by Crippen LogP contribution is -2.30. The number of anilines is 1. The van der Waals surface area contributed by atoms with Gasteiger partial charge in [0.2, 0.25) is 0 Å². The van der Waals surface area contributed by atoms with Crippen molar-refractivity contribution in [2.75, 3.05) is 19.0 Å². The number of rotatable bonds is 5. The predicted molar refractivity (Wildman–Crippen MR) is 80.9 cm³/mol. The summed E-state index contributed by atoms with van der Waals surface area (Å²) in [6.45, 7) is 4.98. The zero-order valence-electron chi connectivity index (χ0n) is 11.5. The first kappa shape index (κ1) is 14.1. The Morgan fingerprint density at radius 1 is 1.37 bits per heavy atom. The third kappa shape index (κ3) is 3.37. The number of fused-ring (bicyclic) bond motifs is 1. The van der Waals surface area contributed by atoms with Gasteiger partial charge in [0.05, 0.1) is 23.9 Å². The molecule has 0 spiro atoms. The van der Waals surface area contributed by atoms with Gasteiger partial charge in [-0.1, -0.05) is 31.5 Å². The quantitative estimate of drug-likeness (QED) is 0.898. The highest BCUT2D eigenvalue weighted by molar-refractivity contribution is 6.31. The highest BCUT2D eigenvalue weighted by atomic mass is 35.5. The van der Waals surface area contributed by atoms with Crippen molar-refractivity contribution in [3.8, 4) is 0 Å². The van der Waals surface area contributed by atoms with Gasteiger partial charge in [0.1, 0.15) is 0 Å². The van der Waals surface area contributed by atoms with Gasteiger partial charge in [0.25, 0.3) is 0 Å². The molecule has 0 saturated carbocycles. The molecule has 0 bridgehead atoms. The van der Waals surface area contributed by atoms with Crippen LogP contribution in [0, 0.1) is 5.92 Å². The monoisotopic (exact) mass is 278 g/mol. The second-order valence-electron chi connectivity index (χ2n) is 4.98. The fourth-order valence-corrected chi connectivity index (χ4v) is 2.27. The lowest BCUT2D eigenvalue weighted by molar-refractivity contribution is 0.171. The molecule has 102 valence electrons. The molecule has 2 rings (SSSR count). The molecule has 4 heteroatoms. The van der Waals surface area contributed by atoms with E-state index in [0.29, 0.717) is 17.5 Å². The second kappa shape index (κ2) is 6.22. The predicted octanol–water partition coefficient (Wildman–Crippen LogP) is 3.97. The first-order valence-electron chi connectivity index (χ1n) is 6.41. The van der Waals surface area contributed by atoms with Crippen LogP contribution in [0.5, 0.6) is 0 Å². The van der Waals surface area contributed by atoms with Crippen molar-refractivity contribution in [3.63, 3.8) is 0 Å². The maximum Gasteiger partial charge on any atom is 0.0934 e. The summed E-state index contributed by atoms with van der Waals surface area (Å²) in [6, 6.07) is 8.00. The van der Waals surface area contributed by atoms with Crippen molar-refractivity contribution in [2.24, 2.45) is 5.92 Å². The molecule has 0 saturated heterocycles. The van der Waals surface area contributed by atoms with Crippen LogP contribution in [0.25, 0.3) is 10.9 Å². The molecular weight excluding hydrogens is 260 g/mol. The van der Waals surface area contributed by atoms with Crippen molar-refractivity contribution in [2.45, 2.75) is 19.9 Å². The molecule has 0 fully saturated rings. The van der Waals surface area contributed by atoms with Gasteiger partial charge < -0.3 is 10.1 Å². The van der Waals surface area contributed by atoms with Gasteiger partial charge in [0, 0.05) is 23.7 Å². The Morgan fingerprint density at radius 2 is 2.16 bits per heavy atom. The molecule has 3 nitrogen and oxygen atoms in total. The number of pyridine rings is 1. The van der Waals surface area contributed by atoms with E-state index >= 15 is 0 Å². The second-order valence-corrected chi connectivity index (χ2v) is 5.42. The summed E-state index contributed by atoms with van der Waals surface area (Å²) >= 11 is 6.16. The Balaban J connectivity index is 2.38. The molecule has 1 unspecified atom stereocenters. The smallest absolute Gasteiger partial charge is 0.0934 e. The summed E-state index contributed by atoms with van der Waals surface area (Å²) in [5.74, 6) is 0.456. The van der Waals surface area contributed by atoms with E-state index in [-0.39, 0.29) is 6.04 Å². The van der Waals surface area contributed by atoms with E-state index in [1.165, 1.54) is 0 Å². The molecular formula is C15H19ClN2O. The maximum absolute atomic E-state index is 6.16. The normalized spacial score (nSPS) is 12.9. The average Bonchev–Trinajstić information content (AvgIpc) is 2.37. The molecule has 19 heavy (non-hydrogen) atoms. The number of nitrogens with zero attached hydrogens (tertiary/aromatic N) is 1. The van der Waals surface area contributed by atoms with Gasteiger partial charge in [-0.3, -0.25) is 4.98 Å². The molecule has 1 atom stereocenters. The SMILES string of the molecule is COCC(Nc1cc(Cl)cc2cccnc12)C(C)C. The number of methoxy groups -OCH3 is 1. The van der Waals surface area contributed by atoms with Crippen molar-refractivity contribution in [3.05, 3.63) is 35.5 Å². The highest BCUT2D eigenvalue weighted by Crippen LogP contribution is 2.27. The Morgan fingerprint density at radius 3 is 2.84 bits per heavy atom. The lowest BCUT2D eigenvalue weighted by Gasteiger charge is -2.23. The summed E-state index contributed by atoms with van der Waals surface area (Å²) in [5, 5.41) is 5.24. The van der Waals surface area contributed by atoms with E-state index < -0.39 is 0 Å². The Labute approximate surface area is 118 Å². The summed E-state index contributed by atoms with van der Waals surface area (Å²) in [5.41, 5.74) is 1.90. The van der Waals surface area contributed by atoms with Gasteiger partial charge >= 0.3 is 0 Å². The molecule has 1 heterocycles. The van der Waals surface area contributed by atoms with Crippen LogP contribution in [0.1, 0.15) is 13.8 Å². The van der Waals surface area contributed by atoms with Crippen molar-refractivity contribution in [1.82, 2.24) is 4.98 Å². The van der Waals surface area contributed by atoms with Crippen molar-refractivity contribution in [1.29, 1.82) is 0 Å². The van der Waals surface area contributed by atoms with Crippen LogP contribution >= 0.6 is 11.6 Å². The van der Waals surface area contributed by atoms with Crippen molar-refractivity contribution < 1.29 is 4.74 Å². The number of nitrogens with one attached hydrogen (secondary N) is 1. The number of hydrogen-bond donors (Lipinski definition) is 1. The van der Waals surface area contributed by atoms with Gasteiger partial charge in [-0.25, -0.2) is 0 Å². The molecule has 1 aromatic heterocycles. The Kier molecular flexibility index (Phi) is 4.61. The van der Waals surface area contributed by atoms with Gasteiger partial charge in [-0.2, -0.15) is 0 Å². The summed E-state index contributed by atoms with van der Waals surface area (Å²) in [4.78, 5) is 4.43. The molecule has 0 aliphatic rings. The molecule has 0 radical (unpaired) electrons. The van der Waals surface area contributed by atoms with E-state index in [4.69, 9.17) is 16.3 Å². The van der Waals surface area contributed by atoms with Gasteiger partial charge in [-0.15, -0.1) is 0 Å². The molecule has 1 aromatic carbocycles. The van der Waals surface area contributed by atoms with Crippen LogP contribution in [-0.4, -0.2) is 24.7 Å². The Hall–Kier alpha value is -1.32. The van der Waals surface area contributed by atoms with Crippen LogP contribution in [0.15, 0.2) is 30.5 Å². The van der Waals surface area contributed by atoms with Crippen molar-refractivity contribution >= 4 is 28.2 Å². The molecule has 1 N–H and O–H groups in total. The van der Waals surface area contributed by atoms with Crippen LogP contribution < -0.4 is 5.32 Å². The third-order valence-electron chi connectivity index (χ3n) is 3.16. The van der Waals surface area contributed by atoms with E-state index in [2.05, 4.69) is 24.1 Å². The van der Waals surface area contributed by atoms with Gasteiger partial charge in [0.15, 0.2) is 0 Å². The van der Waals surface area contributed by atoms with E-state index in [9.17, 15) is 0 Å². The first-order valence-corrected chi connectivity index (χ1v) is 6.79. The largest absolute Gasteiger partial charge is 0.383 e. The number of halogens is 1. The maximum atomic E-state index is 6.16. The Bertz CT molecular complexity index is 557. The summed E-state index contributed by atoms with van der Waals surface area (Å²) < 4.78 is 5.26. The van der Waals surface area contributed by atoms with Crippen LogP contribution in [0.4, 0.5) is 5.69 Å². The van der Waals surface area contributed by atoms with E-state index in [1.54, 1.807) is 13.3 Å². The molecule has 0 aliphatic carbocycles. The van der Waals surface area contributed by atoms with Gasteiger partial charge in [-0.05, 0) is 24.1 Å². The molecule has 0 amide bonds. The number of benzene rings is 1. The number of hydrogen-bond acceptors (Lipinski definition) is 3. The van der Waals surface area contributed by atoms with E-state index in [1.807, 2.05) is 24.3 Å². The summed E-state index contributed by atoms with van der Waals surface area (Å²) in [6.07, 6.45) is 1.79. The highest BCUT2D eigenvalue weighted by Gasteiger charge is 2.15. The number of aromatic nitrogens is 1. The molecule has 2 aromatic rings. The number of ether oxygens (including phenoxy) is 1. The minimum Gasteiger partial charge on any atom is -0.383 e. The van der Waals surface area contributed by atoms with Crippen LogP contribution in [0.3, 0.4) is 0 Å². The third-order valence-corrected chi connectivity index (χ3v) is 3.38.